The van der Waals surface area contributed by atoms with E-state index in [0.717, 1.165) is 54.7 Å². The number of phenolic OH excluding ortho intramolecular Hbond substituents is 1. The molecule has 7 heterocycles. The lowest BCUT2D eigenvalue weighted by Crippen LogP contribution is -2.55. The number of aromatic hydroxyl groups is 1. The van der Waals surface area contributed by atoms with Crippen LogP contribution in [0.1, 0.15) is 50.0 Å². The van der Waals surface area contributed by atoms with Gasteiger partial charge in [0.25, 0.3) is 0 Å². The van der Waals surface area contributed by atoms with Crippen molar-refractivity contribution in [3.05, 3.63) is 78.8 Å². The molecule has 3 aliphatic heterocycles. The summed E-state index contributed by atoms with van der Waals surface area (Å²) < 4.78 is 8.11. The predicted octanol–water partition coefficient (Wildman–Crippen LogP) is 3.96. The lowest BCUT2D eigenvalue weighted by atomic mass is 9.80. The molecule has 1 saturated carbocycles. The summed E-state index contributed by atoms with van der Waals surface area (Å²) in [7, 11) is 0. The van der Waals surface area contributed by atoms with Gasteiger partial charge in [0.2, 0.25) is 17.7 Å². The highest BCUT2D eigenvalue weighted by Crippen LogP contribution is 2.44. The van der Waals surface area contributed by atoms with Gasteiger partial charge in [-0.3, -0.25) is 29.2 Å². The molecular formula is C39H39N9O5. The van der Waals surface area contributed by atoms with Gasteiger partial charge in [0.1, 0.15) is 29.7 Å². The van der Waals surface area contributed by atoms with Crippen LogP contribution in [0.4, 0.5) is 11.5 Å². The van der Waals surface area contributed by atoms with Crippen LogP contribution in [0.15, 0.2) is 73.2 Å². The van der Waals surface area contributed by atoms with Crippen LogP contribution in [0.5, 0.6) is 11.5 Å². The number of rotatable bonds is 6. The standard InChI is InChI=1S/C39H39N9O5/c49-33-4-2-1-3-28(33)30-21-32-29(43-44-30)14-16-47(32)34-11-9-26(22-41-34)46-18-17-45(23-36(46)51)25-7-5-24(6-8-25)27-13-15-40-38-37(27)53-20-19-48(38)31-10-12-35(50)42-39(31)52/h1-4,9,11,13-16,21-22,24-25,31,49H,5-8,10,12,17-20,23H2,(H,42,50,52). The summed E-state index contributed by atoms with van der Waals surface area (Å²) >= 11 is 0. The number of carbonyl (C=O) groups excluding carboxylic acids is 3. The number of amides is 3. The molecule has 0 radical (unpaired) electrons. The van der Waals surface area contributed by atoms with Crippen molar-refractivity contribution in [2.45, 2.75) is 56.5 Å². The van der Waals surface area contributed by atoms with E-state index in [1.54, 1.807) is 30.6 Å². The van der Waals surface area contributed by atoms with Crippen LogP contribution in [0.3, 0.4) is 0 Å². The molecule has 270 valence electrons. The van der Waals surface area contributed by atoms with Gasteiger partial charge in [-0.1, -0.05) is 12.1 Å². The quantitative estimate of drug-likeness (QED) is 0.246. The number of nitrogens with zero attached hydrogens (tertiary/aromatic N) is 8. The maximum Gasteiger partial charge on any atom is 0.249 e. The highest BCUT2D eigenvalue weighted by Gasteiger charge is 2.38. The zero-order chi connectivity index (χ0) is 36.1. The molecule has 2 saturated heterocycles. The molecule has 2 N–H and O–H groups in total. The number of fused-ring (bicyclic) bond motifs is 2. The molecule has 9 rings (SSSR count). The minimum Gasteiger partial charge on any atom is -0.507 e. The Morgan fingerprint density at radius 1 is 0.887 bits per heavy atom. The maximum absolute atomic E-state index is 13.5. The number of pyridine rings is 2. The number of benzene rings is 1. The van der Waals surface area contributed by atoms with Crippen molar-refractivity contribution in [3.8, 4) is 28.6 Å². The number of ether oxygens (including phenoxy) is 1. The van der Waals surface area contributed by atoms with E-state index in [2.05, 4.69) is 25.4 Å². The number of phenols is 1. The minimum atomic E-state index is -0.431. The van der Waals surface area contributed by atoms with Crippen molar-refractivity contribution in [1.82, 2.24) is 34.9 Å². The van der Waals surface area contributed by atoms with E-state index in [9.17, 15) is 19.5 Å². The van der Waals surface area contributed by atoms with Crippen molar-refractivity contribution in [3.63, 3.8) is 0 Å². The number of carbonyl (C=O) groups is 3. The zero-order valence-corrected chi connectivity index (χ0v) is 29.1. The molecule has 1 aliphatic carbocycles. The Morgan fingerprint density at radius 3 is 2.55 bits per heavy atom. The molecule has 14 nitrogen and oxygen atoms in total. The predicted molar refractivity (Wildman–Crippen MR) is 196 cm³/mol. The van der Waals surface area contributed by atoms with Crippen molar-refractivity contribution < 1.29 is 24.2 Å². The highest BCUT2D eigenvalue weighted by molar-refractivity contribution is 6.02. The Labute approximate surface area is 305 Å². The molecule has 5 aromatic rings. The molecular weight excluding hydrogens is 674 g/mol. The van der Waals surface area contributed by atoms with Crippen LogP contribution in [-0.4, -0.2) is 97.3 Å². The summed E-state index contributed by atoms with van der Waals surface area (Å²) in [6.07, 6.45) is 10.1. The number of hydrogen-bond donors (Lipinski definition) is 2. The highest BCUT2D eigenvalue weighted by atomic mass is 16.5. The summed E-state index contributed by atoms with van der Waals surface area (Å²) in [5.41, 5.74) is 4.57. The molecule has 1 atom stereocenters. The second-order valence-electron chi connectivity index (χ2n) is 14.2. The summed E-state index contributed by atoms with van der Waals surface area (Å²) in [6.45, 7) is 2.75. The normalized spacial score (nSPS) is 22.4. The van der Waals surface area contributed by atoms with Crippen LogP contribution in [0.2, 0.25) is 0 Å². The fourth-order valence-electron chi connectivity index (χ4n) is 8.42. The largest absolute Gasteiger partial charge is 0.507 e. The third-order valence-electron chi connectivity index (χ3n) is 11.2. The summed E-state index contributed by atoms with van der Waals surface area (Å²) in [4.78, 5) is 53.4. The van der Waals surface area contributed by atoms with E-state index >= 15 is 0 Å². The molecule has 0 spiro atoms. The van der Waals surface area contributed by atoms with Crippen LogP contribution >= 0.6 is 0 Å². The van der Waals surface area contributed by atoms with Gasteiger partial charge in [0.05, 0.1) is 36.2 Å². The van der Waals surface area contributed by atoms with E-state index in [0.29, 0.717) is 79.5 Å². The molecule has 53 heavy (non-hydrogen) atoms. The fraction of sp³-hybridized carbons (Fsp3) is 0.359. The van der Waals surface area contributed by atoms with Crippen molar-refractivity contribution >= 4 is 40.3 Å². The molecule has 4 aliphatic rings. The zero-order valence-electron chi connectivity index (χ0n) is 29.1. The Hall–Kier alpha value is -5.89. The Balaban J connectivity index is 0.836. The van der Waals surface area contributed by atoms with Gasteiger partial charge >= 0.3 is 0 Å². The number of hydrogen-bond acceptors (Lipinski definition) is 11. The van der Waals surface area contributed by atoms with Crippen LogP contribution < -0.4 is 19.9 Å². The number of para-hydroxylation sites is 1. The van der Waals surface area contributed by atoms with Crippen LogP contribution in [-0.2, 0) is 14.4 Å². The first-order chi connectivity index (χ1) is 25.9. The van der Waals surface area contributed by atoms with E-state index in [1.165, 1.54) is 0 Å². The molecule has 1 aromatic carbocycles. The van der Waals surface area contributed by atoms with Gasteiger partial charge in [-0.15, -0.1) is 10.2 Å². The smallest absolute Gasteiger partial charge is 0.249 e. The van der Waals surface area contributed by atoms with Gasteiger partial charge in [-0.2, -0.15) is 0 Å². The van der Waals surface area contributed by atoms with E-state index in [-0.39, 0.29) is 23.5 Å². The SMILES string of the molecule is O=C1CCC(N2CCOc3c(C4CCC(N5CCN(c6ccc(-n7ccc8nnc(-c9ccccc9O)cc87)nc6)C(=O)C5)CC4)ccnc32)C(=O)N1. The second-order valence-corrected chi connectivity index (χ2v) is 14.2. The minimum absolute atomic E-state index is 0.0621. The molecule has 3 fully saturated rings. The third-order valence-corrected chi connectivity index (χ3v) is 11.2. The van der Waals surface area contributed by atoms with Gasteiger partial charge in [0.15, 0.2) is 11.6 Å². The Morgan fingerprint density at radius 2 is 1.75 bits per heavy atom. The number of anilines is 2. The molecule has 0 bridgehead atoms. The van der Waals surface area contributed by atoms with Gasteiger partial charge in [-0.25, -0.2) is 9.97 Å². The number of piperazine rings is 1. The number of imide groups is 1. The number of piperidine rings is 1. The van der Waals surface area contributed by atoms with E-state index in [1.807, 2.05) is 57.0 Å². The third kappa shape index (κ3) is 6.12. The topological polar surface area (TPSA) is 159 Å². The summed E-state index contributed by atoms with van der Waals surface area (Å²) in [5.74, 6) is 2.13. The first kappa shape index (κ1) is 33.0. The molecule has 14 heteroatoms. The van der Waals surface area contributed by atoms with Gasteiger partial charge in [-0.05, 0) is 80.5 Å². The first-order valence-corrected chi connectivity index (χ1v) is 18.3. The van der Waals surface area contributed by atoms with E-state index in [4.69, 9.17) is 9.72 Å². The molecule has 1 unspecified atom stereocenters. The van der Waals surface area contributed by atoms with Crippen LogP contribution in [0.25, 0.3) is 28.1 Å². The van der Waals surface area contributed by atoms with Crippen molar-refractivity contribution in [2.75, 3.05) is 42.6 Å². The monoisotopic (exact) mass is 713 g/mol. The maximum atomic E-state index is 13.5. The lowest BCUT2D eigenvalue weighted by Gasteiger charge is -2.42. The average molecular weight is 714 g/mol. The van der Waals surface area contributed by atoms with E-state index < -0.39 is 6.04 Å². The van der Waals surface area contributed by atoms with Crippen LogP contribution in [0, 0.1) is 0 Å². The Bertz CT molecular complexity index is 2210. The van der Waals surface area contributed by atoms with Gasteiger partial charge in [0, 0.05) is 49.1 Å². The average Bonchev–Trinajstić information content (AvgIpc) is 3.61. The number of aromatic nitrogens is 5. The summed E-state index contributed by atoms with van der Waals surface area (Å²) in [6, 6.07) is 16.6. The van der Waals surface area contributed by atoms with Gasteiger partial charge < -0.3 is 19.6 Å². The molecule has 4 aromatic heterocycles. The fourth-order valence-corrected chi connectivity index (χ4v) is 8.42. The summed E-state index contributed by atoms with van der Waals surface area (Å²) in [5, 5.41) is 21.5. The molecule has 3 amide bonds. The second kappa shape index (κ2) is 13.6. The number of nitrogens with one attached hydrogen (secondary N) is 1. The van der Waals surface area contributed by atoms with Crippen molar-refractivity contribution in [2.24, 2.45) is 0 Å². The Kier molecular flexibility index (Phi) is 8.45. The first-order valence-electron chi connectivity index (χ1n) is 18.3. The lowest BCUT2D eigenvalue weighted by molar-refractivity contribution is -0.134. The van der Waals surface area contributed by atoms with Crippen molar-refractivity contribution in [1.29, 1.82) is 0 Å².